The summed E-state index contributed by atoms with van der Waals surface area (Å²) in [6, 6.07) is 96.7. The Kier molecular flexibility index (Phi) is 9.89. The van der Waals surface area contributed by atoms with E-state index in [0.717, 1.165) is 22.7 Å². The van der Waals surface area contributed by atoms with Crippen molar-refractivity contribution in [3.8, 4) is 61.3 Å². The van der Waals surface area contributed by atoms with Gasteiger partial charge in [0.25, 0.3) is 0 Å². The van der Waals surface area contributed by atoms with Gasteiger partial charge in [-0.2, -0.15) is 0 Å². The molecule has 12 rings (SSSR count). The highest BCUT2D eigenvalue weighted by molar-refractivity contribution is 6.21. The molecule has 11 aromatic carbocycles. The molecular formula is C64H44N2. The number of benzene rings is 11. The third-order valence-corrected chi connectivity index (χ3v) is 13.0. The van der Waals surface area contributed by atoms with Gasteiger partial charge in [-0.25, -0.2) is 0 Å². The summed E-state index contributed by atoms with van der Waals surface area (Å²) in [4.78, 5) is 2.36. The minimum absolute atomic E-state index is 1.09. The molecule has 0 bridgehead atoms. The highest BCUT2D eigenvalue weighted by Gasteiger charge is 2.17. The van der Waals surface area contributed by atoms with Gasteiger partial charge < -0.3 is 9.47 Å². The summed E-state index contributed by atoms with van der Waals surface area (Å²) in [6.07, 6.45) is 0. The average Bonchev–Trinajstić information content (AvgIpc) is 3.75. The largest absolute Gasteiger partial charge is 0.310 e. The van der Waals surface area contributed by atoms with Crippen molar-refractivity contribution in [2.45, 2.75) is 0 Å². The number of nitrogens with zero attached hydrogens (tertiary/aromatic N) is 2. The minimum Gasteiger partial charge on any atom is -0.310 e. The van der Waals surface area contributed by atoms with Crippen molar-refractivity contribution in [3.63, 3.8) is 0 Å². The lowest BCUT2D eigenvalue weighted by Gasteiger charge is -2.26. The van der Waals surface area contributed by atoms with Crippen molar-refractivity contribution in [3.05, 3.63) is 267 Å². The van der Waals surface area contributed by atoms with Crippen LogP contribution in [0.15, 0.2) is 267 Å². The summed E-state index contributed by atoms with van der Waals surface area (Å²) < 4.78 is 2.40. The van der Waals surface area contributed by atoms with E-state index in [4.69, 9.17) is 0 Å². The number of para-hydroxylation sites is 1. The Morgan fingerprint density at radius 1 is 0.242 bits per heavy atom. The molecule has 0 fully saturated rings. The van der Waals surface area contributed by atoms with E-state index in [-0.39, 0.29) is 0 Å². The zero-order chi connectivity index (χ0) is 43.8. The maximum absolute atomic E-state index is 2.40. The Morgan fingerprint density at radius 2 is 0.652 bits per heavy atom. The van der Waals surface area contributed by atoms with E-state index in [1.165, 1.54) is 88.2 Å². The molecule has 0 atom stereocenters. The summed E-state index contributed by atoms with van der Waals surface area (Å²) in [6.45, 7) is 0. The van der Waals surface area contributed by atoms with Gasteiger partial charge in [0.15, 0.2) is 0 Å². The molecule has 0 spiro atoms. The molecule has 0 amide bonds. The molecule has 0 unspecified atom stereocenters. The number of anilines is 3. The van der Waals surface area contributed by atoms with Gasteiger partial charge in [-0.1, -0.05) is 206 Å². The van der Waals surface area contributed by atoms with Crippen molar-refractivity contribution in [2.75, 3.05) is 4.90 Å². The van der Waals surface area contributed by atoms with Gasteiger partial charge in [0.05, 0.1) is 11.0 Å². The van der Waals surface area contributed by atoms with Gasteiger partial charge in [0.1, 0.15) is 0 Å². The fourth-order valence-corrected chi connectivity index (χ4v) is 9.67. The zero-order valence-corrected chi connectivity index (χ0v) is 36.3. The minimum atomic E-state index is 1.09. The monoisotopic (exact) mass is 840 g/mol. The van der Waals surface area contributed by atoms with Gasteiger partial charge in [-0.05, 0) is 127 Å². The third-order valence-electron chi connectivity index (χ3n) is 13.0. The first kappa shape index (κ1) is 38.9. The van der Waals surface area contributed by atoms with Crippen LogP contribution in [0.1, 0.15) is 0 Å². The molecule has 0 radical (unpaired) electrons. The van der Waals surface area contributed by atoms with Crippen molar-refractivity contribution < 1.29 is 0 Å². The van der Waals surface area contributed by atoms with E-state index in [0.29, 0.717) is 0 Å². The van der Waals surface area contributed by atoms with Crippen LogP contribution >= 0.6 is 0 Å². The molecule has 2 nitrogen and oxygen atoms in total. The fourth-order valence-electron chi connectivity index (χ4n) is 9.67. The van der Waals surface area contributed by atoms with Gasteiger partial charge in [0, 0.05) is 33.5 Å². The van der Waals surface area contributed by atoms with Crippen molar-refractivity contribution in [2.24, 2.45) is 0 Å². The molecule has 0 aliphatic heterocycles. The van der Waals surface area contributed by atoms with Gasteiger partial charge >= 0.3 is 0 Å². The molecule has 0 aliphatic carbocycles. The summed E-state index contributed by atoms with van der Waals surface area (Å²) in [5, 5.41) is 5.11. The lowest BCUT2D eigenvalue weighted by molar-refractivity contribution is 1.18. The molecule has 66 heavy (non-hydrogen) atoms. The number of hydrogen-bond acceptors (Lipinski definition) is 1. The number of hydrogen-bond donors (Lipinski definition) is 0. The van der Waals surface area contributed by atoms with Crippen LogP contribution in [0.2, 0.25) is 0 Å². The number of rotatable bonds is 9. The van der Waals surface area contributed by atoms with Crippen LogP contribution in [0, 0.1) is 0 Å². The van der Waals surface area contributed by atoms with Crippen LogP contribution in [-0.4, -0.2) is 4.57 Å². The van der Waals surface area contributed by atoms with Crippen molar-refractivity contribution >= 4 is 49.6 Å². The summed E-state index contributed by atoms with van der Waals surface area (Å²) in [7, 11) is 0. The Hall–Kier alpha value is -8.72. The second-order valence-electron chi connectivity index (χ2n) is 16.9. The molecule has 0 aliphatic rings. The van der Waals surface area contributed by atoms with E-state index in [2.05, 4.69) is 276 Å². The first-order chi connectivity index (χ1) is 32.7. The van der Waals surface area contributed by atoms with E-state index in [9.17, 15) is 0 Å². The van der Waals surface area contributed by atoms with Crippen LogP contribution in [0.5, 0.6) is 0 Å². The molecule has 310 valence electrons. The summed E-state index contributed by atoms with van der Waals surface area (Å²) >= 11 is 0. The summed E-state index contributed by atoms with van der Waals surface area (Å²) in [5.74, 6) is 0. The molecular weight excluding hydrogens is 797 g/mol. The highest BCUT2D eigenvalue weighted by Crippen LogP contribution is 2.40. The maximum Gasteiger partial charge on any atom is 0.0547 e. The van der Waals surface area contributed by atoms with E-state index < -0.39 is 0 Å². The first-order valence-corrected chi connectivity index (χ1v) is 22.7. The van der Waals surface area contributed by atoms with Crippen LogP contribution in [-0.2, 0) is 0 Å². The van der Waals surface area contributed by atoms with Gasteiger partial charge in [-0.3, -0.25) is 0 Å². The lowest BCUT2D eigenvalue weighted by Crippen LogP contribution is -2.10. The van der Waals surface area contributed by atoms with E-state index >= 15 is 0 Å². The van der Waals surface area contributed by atoms with Crippen LogP contribution < -0.4 is 4.90 Å². The Labute approximate surface area is 385 Å². The second-order valence-corrected chi connectivity index (χ2v) is 16.9. The number of fused-ring (bicyclic) bond motifs is 5. The Morgan fingerprint density at radius 3 is 1.20 bits per heavy atom. The second kappa shape index (κ2) is 16.8. The van der Waals surface area contributed by atoms with Crippen molar-refractivity contribution in [1.29, 1.82) is 0 Å². The van der Waals surface area contributed by atoms with Gasteiger partial charge in [0.2, 0.25) is 0 Å². The molecule has 1 aromatic heterocycles. The lowest BCUT2D eigenvalue weighted by atomic mass is 9.99. The Bertz CT molecular complexity index is 3630. The molecule has 2 heteroatoms. The topological polar surface area (TPSA) is 8.17 Å². The fraction of sp³-hybridized carbons (Fsp3) is 0. The first-order valence-electron chi connectivity index (χ1n) is 22.7. The average molecular weight is 841 g/mol. The van der Waals surface area contributed by atoms with Crippen molar-refractivity contribution in [1.82, 2.24) is 4.57 Å². The van der Waals surface area contributed by atoms with Crippen LogP contribution in [0.25, 0.3) is 93.9 Å². The maximum atomic E-state index is 2.40. The van der Waals surface area contributed by atoms with E-state index in [1.54, 1.807) is 0 Å². The predicted octanol–water partition coefficient (Wildman–Crippen LogP) is 17.7. The molecule has 0 N–H and O–H groups in total. The molecule has 1 heterocycles. The molecule has 0 saturated carbocycles. The third kappa shape index (κ3) is 7.21. The number of aromatic nitrogens is 1. The predicted molar refractivity (Wildman–Crippen MR) is 280 cm³/mol. The SMILES string of the molecule is c1ccc(-c2ccc(-c3ccc(N(c4ccc(-c5ccc(-n6c7ccccc7c7c8ccccc8ccc76)cc5)cc4)c4cccc(-c5ccc(-c6ccccc6)cc5)c4)cc3)cc2)cc1. The Balaban J connectivity index is 0.882. The quantitative estimate of drug-likeness (QED) is 0.141. The van der Waals surface area contributed by atoms with Crippen LogP contribution in [0.4, 0.5) is 17.1 Å². The van der Waals surface area contributed by atoms with Crippen LogP contribution in [0.3, 0.4) is 0 Å². The smallest absolute Gasteiger partial charge is 0.0547 e. The normalized spacial score (nSPS) is 11.3. The standard InChI is InChI=1S/C64H44N2/c1-3-12-45(13-4-1)47-22-24-49(25-23-47)50-30-37-56(38-31-50)65(59-18-11-17-55(44-59)53-28-26-48(27-29-53)46-14-5-2-6-15-46)57-39-32-51(33-40-57)52-34-41-58(42-35-52)66-62-21-10-9-20-61(62)64-60-19-8-7-16-54(60)36-43-63(64)66/h1-44H. The van der Waals surface area contributed by atoms with E-state index in [1.807, 2.05) is 0 Å². The summed E-state index contributed by atoms with van der Waals surface area (Å²) in [5.41, 5.74) is 18.8. The zero-order valence-electron chi connectivity index (χ0n) is 36.3. The molecule has 12 aromatic rings. The molecule has 0 saturated heterocycles. The van der Waals surface area contributed by atoms with Gasteiger partial charge in [-0.15, -0.1) is 0 Å². The highest BCUT2D eigenvalue weighted by atomic mass is 15.1.